The molecule has 10 heavy (non-hydrogen) atoms. The number of aliphatic carboxylic acids is 1. The third kappa shape index (κ3) is 3.34. The zero-order valence-electron chi connectivity index (χ0n) is 6.20. The van der Waals surface area contributed by atoms with E-state index in [1.165, 1.54) is 0 Å². The summed E-state index contributed by atoms with van der Waals surface area (Å²) in [4.78, 5) is 20.7. The van der Waals surface area contributed by atoms with Gasteiger partial charge in [0.2, 0.25) is 5.91 Å². The second-order valence-electron chi connectivity index (χ2n) is 1.64. The van der Waals surface area contributed by atoms with Gasteiger partial charge in [-0.2, -0.15) is 12.6 Å². The molecule has 0 aromatic heterocycles. The highest BCUT2D eigenvalue weighted by Gasteiger charge is 2.14. The van der Waals surface area contributed by atoms with Gasteiger partial charge < -0.3 is 10.4 Å². The van der Waals surface area contributed by atoms with Gasteiger partial charge in [-0.05, 0) is 0 Å². The normalized spacial score (nSPS) is 13.5. The Hall–Kier alpha value is -0.710. The van der Waals surface area contributed by atoms with E-state index in [4.69, 9.17) is 6.48 Å². The summed E-state index contributed by atoms with van der Waals surface area (Å²) in [5, 5.41) is 10.5. The predicted octanol–water partition coefficient (Wildman–Crippen LogP) is -0.495. The number of nitrogens with one attached hydrogen (secondary N) is 1. The fourth-order valence-electron chi connectivity index (χ4n) is 0.380. The SMILES string of the molecule is [2H]CC(=O)N[C@@H](CS)C(=O)O. The van der Waals surface area contributed by atoms with E-state index in [1.807, 2.05) is 0 Å². The smallest absolute Gasteiger partial charge is 0.327 e. The van der Waals surface area contributed by atoms with Gasteiger partial charge in [0.1, 0.15) is 6.04 Å². The monoisotopic (exact) mass is 164 g/mol. The van der Waals surface area contributed by atoms with E-state index in [1.54, 1.807) is 0 Å². The van der Waals surface area contributed by atoms with Crippen molar-refractivity contribution in [1.29, 1.82) is 0 Å². The molecule has 2 N–H and O–H groups in total. The Morgan fingerprint density at radius 2 is 2.50 bits per heavy atom. The van der Waals surface area contributed by atoms with Crippen LogP contribution in [0.4, 0.5) is 0 Å². The number of carbonyl (C=O) groups excluding carboxylic acids is 1. The Kier molecular flexibility index (Phi) is 3.08. The van der Waals surface area contributed by atoms with Gasteiger partial charge in [0.05, 0.1) is 0 Å². The fraction of sp³-hybridized carbons (Fsp3) is 0.600. The summed E-state index contributed by atoms with van der Waals surface area (Å²) in [5.41, 5.74) is 0. The van der Waals surface area contributed by atoms with Crippen LogP contribution >= 0.6 is 12.6 Å². The lowest BCUT2D eigenvalue weighted by Crippen LogP contribution is -2.40. The van der Waals surface area contributed by atoms with E-state index >= 15 is 0 Å². The number of hydrogen-bond donors (Lipinski definition) is 3. The van der Waals surface area contributed by atoms with E-state index in [2.05, 4.69) is 17.9 Å². The van der Waals surface area contributed by atoms with Crippen LogP contribution in [0.2, 0.25) is 0 Å². The highest BCUT2D eigenvalue weighted by atomic mass is 32.1. The van der Waals surface area contributed by atoms with Crippen LogP contribution in [0.15, 0.2) is 0 Å². The van der Waals surface area contributed by atoms with Gasteiger partial charge in [0, 0.05) is 14.0 Å². The van der Waals surface area contributed by atoms with E-state index < -0.39 is 24.8 Å². The van der Waals surface area contributed by atoms with Crippen LogP contribution in [0.1, 0.15) is 8.27 Å². The van der Waals surface area contributed by atoms with Gasteiger partial charge in [-0.15, -0.1) is 0 Å². The highest BCUT2D eigenvalue weighted by Crippen LogP contribution is 1.86. The van der Waals surface area contributed by atoms with Crippen molar-refractivity contribution in [3.63, 3.8) is 0 Å². The van der Waals surface area contributed by atoms with Crippen molar-refractivity contribution in [2.75, 3.05) is 5.75 Å². The van der Waals surface area contributed by atoms with Crippen molar-refractivity contribution in [2.24, 2.45) is 0 Å². The van der Waals surface area contributed by atoms with Gasteiger partial charge in [-0.3, -0.25) is 4.79 Å². The van der Waals surface area contributed by atoms with E-state index in [0.717, 1.165) is 0 Å². The highest BCUT2D eigenvalue weighted by molar-refractivity contribution is 7.80. The number of rotatable bonds is 3. The molecule has 0 aromatic carbocycles. The summed E-state index contributed by atoms with van der Waals surface area (Å²) < 4.78 is 6.59. The Morgan fingerprint density at radius 1 is 1.90 bits per heavy atom. The van der Waals surface area contributed by atoms with E-state index in [9.17, 15) is 9.59 Å². The molecule has 0 aliphatic rings. The van der Waals surface area contributed by atoms with Gasteiger partial charge in [-0.1, -0.05) is 0 Å². The second kappa shape index (κ2) is 4.16. The van der Waals surface area contributed by atoms with Crippen molar-refractivity contribution < 1.29 is 16.1 Å². The Balaban J connectivity index is 3.88. The molecule has 4 nitrogen and oxygen atoms in total. The number of hydrogen-bond acceptors (Lipinski definition) is 3. The average Bonchev–Trinajstić information content (AvgIpc) is 1.99. The first-order valence-electron chi connectivity index (χ1n) is 3.24. The molecule has 0 aliphatic carbocycles. The first-order valence-corrected chi connectivity index (χ1v) is 3.17. The zero-order valence-corrected chi connectivity index (χ0v) is 6.10. The van der Waals surface area contributed by atoms with E-state index in [0.29, 0.717) is 0 Å². The molecule has 0 heterocycles. The van der Waals surface area contributed by atoms with Crippen molar-refractivity contribution in [3.8, 4) is 0 Å². The first-order chi connectivity index (χ1) is 5.11. The minimum Gasteiger partial charge on any atom is -0.480 e. The van der Waals surface area contributed by atoms with Crippen LogP contribution in [-0.4, -0.2) is 28.8 Å². The van der Waals surface area contributed by atoms with Gasteiger partial charge in [-0.25, -0.2) is 4.79 Å². The zero-order chi connectivity index (χ0) is 8.85. The predicted molar refractivity (Wildman–Crippen MR) is 39.1 cm³/mol. The maximum Gasteiger partial charge on any atom is 0.327 e. The third-order valence-corrected chi connectivity index (χ3v) is 1.18. The summed E-state index contributed by atoms with van der Waals surface area (Å²) >= 11 is 3.71. The van der Waals surface area contributed by atoms with Crippen LogP contribution in [0.25, 0.3) is 0 Å². The maximum absolute atomic E-state index is 10.5. The Labute approximate surface area is 65.4 Å². The summed E-state index contributed by atoms with van der Waals surface area (Å²) in [6, 6.07) is -0.990. The molecule has 0 fully saturated rings. The van der Waals surface area contributed by atoms with Gasteiger partial charge in [0.15, 0.2) is 0 Å². The quantitative estimate of drug-likeness (QED) is 0.493. The largest absolute Gasteiger partial charge is 0.480 e. The molecule has 58 valence electrons. The molecule has 0 bridgehead atoms. The lowest BCUT2D eigenvalue weighted by Gasteiger charge is -2.08. The topological polar surface area (TPSA) is 66.4 Å². The molecule has 0 saturated carbocycles. The molecule has 0 aliphatic heterocycles. The average molecular weight is 164 g/mol. The lowest BCUT2D eigenvalue weighted by atomic mass is 10.3. The van der Waals surface area contributed by atoms with Crippen molar-refractivity contribution in [1.82, 2.24) is 5.32 Å². The van der Waals surface area contributed by atoms with Gasteiger partial charge in [0.25, 0.3) is 0 Å². The maximum atomic E-state index is 10.5. The number of amides is 1. The van der Waals surface area contributed by atoms with Crippen molar-refractivity contribution in [3.05, 3.63) is 0 Å². The summed E-state index contributed by atoms with van der Waals surface area (Å²) in [6.45, 7) is -0.461. The molecule has 0 unspecified atom stereocenters. The number of carboxylic acids is 1. The second-order valence-corrected chi connectivity index (χ2v) is 2.01. The van der Waals surface area contributed by atoms with Crippen LogP contribution in [0.5, 0.6) is 0 Å². The Morgan fingerprint density at radius 3 is 2.80 bits per heavy atom. The molecule has 1 atom stereocenters. The van der Waals surface area contributed by atoms with Crippen LogP contribution in [0.3, 0.4) is 0 Å². The molecule has 0 spiro atoms. The summed E-state index contributed by atoms with van der Waals surface area (Å²) in [6.07, 6.45) is 0. The molecule has 1 amide bonds. The van der Waals surface area contributed by atoms with Crippen molar-refractivity contribution in [2.45, 2.75) is 12.9 Å². The molecule has 0 saturated heterocycles. The number of carbonyl (C=O) groups is 2. The summed E-state index contributed by atoms with van der Waals surface area (Å²) in [5.74, 6) is -1.71. The standard InChI is InChI=1S/C5H9NO3S/c1-3(7)6-4(2-10)5(8)9/h4,10H,2H2,1H3,(H,6,7)(H,8,9)/t4-/m0/s1/i1D. The molecule has 0 rings (SSSR count). The van der Waals surface area contributed by atoms with Crippen LogP contribution < -0.4 is 5.32 Å². The molecule has 0 radical (unpaired) electrons. The molecular weight excluding hydrogens is 154 g/mol. The first kappa shape index (κ1) is 7.40. The van der Waals surface area contributed by atoms with Crippen molar-refractivity contribution >= 4 is 24.5 Å². The summed E-state index contributed by atoms with van der Waals surface area (Å²) in [7, 11) is 0. The molecule has 5 heteroatoms. The minimum atomic E-state index is -1.14. The minimum absolute atomic E-state index is 0.0288. The Bertz CT molecular complexity index is 164. The number of thiol groups is 1. The van der Waals surface area contributed by atoms with Crippen LogP contribution in [0, 0.1) is 0 Å². The molecule has 0 aromatic rings. The fourth-order valence-corrected chi connectivity index (χ4v) is 0.627. The van der Waals surface area contributed by atoms with Gasteiger partial charge >= 0.3 is 5.97 Å². The van der Waals surface area contributed by atoms with Crippen LogP contribution in [-0.2, 0) is 9.59 Å². The number of carboxylic acid groups (broad SMARTS) is 1. The van der Waals surface area contributed by atoms with E-state index in [-0.39, 0.29) is 5.75 Å². The third-order valence-electron chi connectivity index (χ3n) is 0.816. The lowest BCUT2D eigenvalue weighted by molar-refractivity contribution is -0.140. The molecular formula is C5H9NO3S.